The monoisotopic (exact) mass is 229 g/mol. The molecule has 0 radical (unpaired) electrons. The van der Waals surface area contributed by atoms with Gasteiger partial charge in [0.25, 0.3) is 0 Å². The normalized spacial score (nSPS) is 17.2. The van der Waals surface area contributed by atoms with Crippen LogP contribution in [-0.2, 0) is 4.79 Å². The average Bonchev–Trinajstić information content (AvgIpc) is 3.06. The van der Waals surface area contributed by atoms with Gasteiger partial charge < -0.3 is 10.1 Å². The van der Waals surface area contributed by atoms with E-state index in [1.807, 2.05) is 24.4 Å². The van der Waals surface area contributed by atoms with Crippen molar-refractivity contribution < 1.29 is 9.90 Å². The van der Waals surface area contributed by atoms with Crippen LogP contribution in [-0.4, -0.2) is 16.1 Å². The Hall–Kier alpha value is -1.77. The topological polar surface area (TPSA) is 53.1 Å². The van der Waals surface area contributed by atoms with E-state index in [0.29, 0.717) is 5.92 Å². The highest BCUT2D eigenvalue weighted by Gasteiger charge is 2.34. The molecule has 1 unspecified atom stereocenters. The first-order valence-electron chi connectivity index (χ1n) is 6.03. The molecule has 1 heterocycles. The number of carboxylic acids is 1. The smallest absolute Gasteiger partial charge is 0.303 e. The van der Waals surface area contributed by atoms with Gasteiger partial charge in [0.2, 0.25) is 0 Å². The van der Waals surface area contributed by atoms with Gasteiger partial charge in [-0.1, -0.05) is 18.2 Å². The van der Waals surface area contributed by atoms with Crippen molar-refractivity contribution in [1.29, 1.82) is 0 Å². The molecule has 2 N–H and O–H groups in total. The molecule has 2 aromatic rings. The number of aliphatic carboxylic acids is 1. The molecule has 88 valence electrons. The minimum absolute atomic E-state index is 0.170. The zero-order valence-electron chi connectivity index (χ0n) is 9.52. The van der Waals surface area contributed by atoms with Gasteiger partial charge in [-0.25, -0.2) is 0 Å². The summed E-state index contributed by atoms with van der Waals surface area (Å²) in [5, 5.41) is 10.2. The first-order chi connectivity index (χ1) is 8.25. The van der Waals surface area contributed by atoms with Gasteiger partial charge in [-0.05, 0) is 36.3 Å². The Balaban J connectivity index is 2.02. The van der Waals surface area contributed by atoms with E-state index in [0.717, 1.165) is 18.4 Å². The second-order valence-corrected chi connectivity index (χ2v) is 4.83. The van der Waals surface area contributed by atoms with E-state index in [2.05, 4.69) is 11.1 Å². The Morgan fingerprint density at radius 2 is 2.18 bits per heavy atom. The second-order valence-electron chi connectivity index (χ2n) is 4.83. The number of aromatic nitrogens is 1. The summed E-state index contributed by atoms with van der Waals surface area (Å²) in [5.41, 5.74) is 2.27. The van der Waals surface area contributed by atoms with E-state index in [1.165, 1.54) is 10.9 Å². The third-order valence-electron chi connectivity index (χ3n) is 3.61. The highest BCUT2D eigenvalue weighted by Crippen LogP contribution is 2.46. The molecule has 1 atom stereocenters. The molecular weight excluding hydrogens is 214 g/mol. The molecule has 1 aliphatic carbocycles. The fourth-order valence-corrected chi connectivity index (χ4v) is 2.62. The van der Waals surface area contributed by atoms with Gasteiger partial charge in [0.15, 0.2) is 0 Å². The molecule has 1 saturated carbocycles. The number of aromatic amines is 1. The van der Waals surface area contributed by atoms with E-state index in [9.17, 15) is 4.79 Å². The molecule has 3 heteroatoms. The molecule has 0 saturated heterocycles. The van der Waals surface area contributed by atoms with Crippen LogP contribution in [0.4, 0.5) is 0 Å². The van der Waals surface area contributed by atoms with E-state index in [4.69, 9.17) is 5.11 Å². The lowest BCUT2D eigenvalue weighted by Gasteiger charge is -2.12. The molecule has 0 bridgehead atoms. The molecule has 1 aliphatic rings. The van der Waals surface area contributed by atoms with Crippen LogP contribution in [0, 0.1) is 5.92 Å². The zero-order chi connectivity index (χ0) is 11.8. The van der Waals surface area contributed by atoms with Crippen LogP contribution in [0.25, 0.3) is 10.9 Å². The van der Waals surface area contributed by atoms with Gasteiger partial charge in [-0.15, -0.1) is 0 Å². The van der Waals surface area contributed by atoms with Gasteiger partial charge in [-0.2, -0.15) is 0 Å². The third kappa shape index (κ3) is 1.93. The summed E-state index contributed by atoms with van der Waals surface area (Å²) in [6, 6.07) is 8.10. The molecule has 1 fully saturated rings. The van der Waals surface area contributed by atoms with Gasteiger partial charge in [-0.3, -0.25) is 4.79 Å². The van der Waals surface area contributed by atoms with Crippen molar-refractivity contribution in [2.75, 3.05) is 0 Å². The van der Waals surface area contributed by atoms with Gasteiger partial charge in [0.05, 0.1) is 6.42 Å². The molecule has 0 spiro atoms. The summed E-state index contributed by atoms with van der Waals surface area (Å²) in [4.78, 5) is 14.2. The fraction of sp³-hybridized carbons (Fsp3) is 0.357. The number of hydrogen-bond donors (Lipinski definition) is 2. The molecule has 1 aromatic carbocycles. The van der Waals surface area contributed by atoms with Gasteiger partial charge in [0.1, 0.15) is 0 Å². The number of rotatable bonds is 4. The van der Waals surface area contributed by atoms with E-state index < -0.39 is 5.97 Å². The lowest BCUT2D eigenvalue weighted by atomic mass is 9.91. The average molecular weight is 229 g/mol. The van der Waals surface area contributed by atoms with Gasteiger partial charge in [0, 0.05) is 17.1 Å². The number of benzene rings is 1. The SMILES string of the molecule is O=C(O)CC(c1c[nH]c2ccccc12)C1CC1. The third-order valence-corrected chi connectivity index (χ3v) is 3.61. The van der Waals surface area contributed by atoms with E-state index >= 15 is 0 Å². The number of carbonyl (C=O) groups is 1. The number of H-pyrrole nitrogens is 1. The summed E-state index contributed by atoms with van der Waals surface area (Å²) in [5.74, 6) is 0.0288. The Bertz CT molecular complexity index is 554. The van der Waals surface area contributed by atoms with Gasteiger partial charge >= 0.3 is 5.97 Å². The van der Waals surface area contributed by atoms with Crippen molar-refractivity contribution >= 4 is 16.9 Å². The lowest BCUT2D eigenvalue weighted by molar-refractivity contribution is -0.137. The summed E-state index contributed by atoms with van der Waals surface area (Å²) in [6.45, 7) is 0. The first-order valence-corrected chi connectivity index (χ1v) is 6.03. The molecule has 17 heavy (non-hydrogen) atoms. The summed E-state index contributed by atoms with van der Waals surface area (Å²) < 4.78 is 0. The van der Waals surface area contributed by atoms with Crippen molar-refractivity contribution in [2.24, 2.45) is 5.92 Å². The van der Waals surface area contributed by atoms with Crippen LogP contribution in [0.2, 0.25) is 0 Å². The van der Waals surface area contributed by atoms with Crippen molar-refractivity contribution in [3.05, 3.63) is 36.0 Å². The van der Waals surface area contributed by atoms with E-state index in [1.54, 1.807) is 0 Å². The highest BCUT2D eigenvalue weighted by molar-refractivity contribution is 5.84. The Morgan fingerprint density at radius 1 is 1.41 bits per heavy atom. The first kappa shape index (κ1) is 10.4. The molecule has 1 aromatic heterocycles. The fourth-order valence-electron chi connectivity index (χ4n) is 2.62. The second kappa shape index (κ2) is 3.91. The zero-order valence-corrected chi connectivity index (χ0v) is 9.52. The van der Waals surface area contributed by atoms with Crippen molar-refractivity contribution in [1.82, 2.24) is 4.98 Å². The maximum absolute atomic E-state index is 11.0. The number of para-hydroxylation sites is 1. The molecule has 3 nitrogen and oxygen atoms in total. The lowest BCUT2D eigenvalue weighted by Crippen LogP contribution is -2.07. The standard InChI is InChI=1S/C14H15NO2/c16-14(17)7-11(9-5-6-9)12-8-15-13-4-2-1-3-10(12)13/h1-4,8-9,11,15H,5-7H2,(H,16,17). The van der Waals surface area contributed by atoms with Crippen LogP contribution < -0.4 is 0 Å². The Labute approximate surface area is 99.5 Å². The summed E-state index contributed by atoms with van der Waals surface area (Å²) in [6.07, 6.45) is 4.55. The number of carboxylic acid groups (broad SMARTS) is 1. The van der Waals surface area contributed by atoms with Crippen LogP contribution in [0.15, 0.2) is 30.5 Å². The molecule has 3 rings (SSSR count). The molecular formula is C14H15NO2. The number of nitrogens with one attached hydrogen (secondary N) is 1. The van der Waals surface area contributed by atoms with Crippen LogP contribution >= 0.6 is 0 Å². The van der Waals surface area contributed by atoms with Crippen molar-refractivity contribution in [2.45, 2.75) is 25.2 Å². The van der Waals surface area contributed by atoms with Crippen LogP contribution in [0.3, 0.4) is 0 Å². The van der Waals surface area contributed by atoms with Crippen molar-refractivity contribution in [3.8, 4) is 0 Å². The van der Waals surface area contributed by atoms with E-state index in [-0.39, 0.29) is 12.3 Å². The predicted octanol–water partition coefficient (Wildman–Crippen LogP) is 3.14. The molecule has 0 aliphatic heterocycles. The minimum Gasteiger partial charge on any atom is -0.481 e. The highest BCUT2D eigenvalue weighted by atomic mass is 16.4. The number of fused-ring (bicyclic) bond motifs is 1. The minimum atomic E-state index is -0.702. The summed E-state index contributed by atoms with van der Waals surface area (Å²) in [7, 11) is 0. The maximum Gasteiger partial charge on any atom is 0.303 e. The van der Waals surface area contributed by atoms with Crippen LogP contribution in [0.5, 0.6) is 0 Å². The Kier molecular flexibility index (Phi) is 2.39. The summed E-state index contributed by atoms with van der Waals surface area (Å²) >= 11 is 0. The Morgan fingerprint density at radius 3 is 2.88 bits per heavy atom. The maximum atomic E-state index is 11.0. The molecule has 0 amide bonds. The number of hydrogen-bond acceptors (Lipinski definition) is 1. The largest absolute Gasteiger partial charge is 0.481 e. The quantitative estimate of drug-likeness (QED) is 0.846. The van der Waals surface area contributed by atoms with Crippen molar-refractivity contribution in [3.63, 3.8) is 0 Å². The predicted molar refractivity (Wildman–Crippen MR) is 66.0 cm³/mol. The van der Waals surface area contributed by atoms with Crippen LogP contribution in [0.1, 0.15) is 30.7 Å².